The van der Waals surface area contributed by atoms with Crippen LogP contribution < -0.4 is 15.5 Å². The van der Waals surface area contributed by atoms with Crippen molar-refractivity contribution in [3.63, 3.8) is 0 Å². The molecule has 1 amide bonds. The second-order valence-corrected chi connectivity index (χ2v) is 10.5. The number of carbonyl (C=O) groups is 1. The summed E-state index contributed by atoms with van der Waals surface area (Å²) < 4.78 is 24.8. The van der Waals surface area contributed by atoms with Crippen molar-refractivity contribution in [1.29, 1.82) is 0 Å². The molecule has 0 saturated carbocycles. The Balaban J connectivity index is 1.39. The first kappa shape index (κ1) is 24.2. The van der Waals surface area contributed by atoms with Gasteiger partial charge in [0.1, 0.15) is 11.6 Å². The maximum absolute atomic E-state index is 12.6. The molecule has 0 unspecified atom stereocenters. The Labute approximate surface area is 207 Å². The summed E-state index contributed by atoms with van der Waals surface area (Å²) in [7, 11) is -3.17. The summed E-state index contributed by atoms with van der Waals surface area (Å²) in [5, 5.41) is 6.40. The maximum atomic E-state index is 12.6. The van der Waals surface area contributed by atoms with Gasteiger partial charge in [0, 0.05) is 44.1 Å². The fourth-order valence-corrected chi connectivity index (χ4v) is 4.94. The van der Waals surface area contributed by atoms with Gasteiger partial charge in [-0.15, -0.1) is 0 Å². The predicted octanol–water partition coefficient (Wildman–Crippen LogP) is 3.86. The second-order valence-electron chi connectivity index (χ2n) is 7.66. The first-order valence-electron chi connectivity index (χ1n) is 10.4. The van der Waals surface area contributed by atoms with Crippen LogP contribution in [0.5, 0.6) is 0 Å². The van der Waals surface area contributed by atoms with E-state index < -0.39 is 15.9 Å². The molecule has 0 atom stereocenters. The minimum absolute atomic E-state index is 0.201. The first-order valence-corrected chi connectivity index (χ1v) is 13.0. The highest BCUT2D eigenvalue weighted by atomic mass is 35.5. The number of carbonyl (C=O) groups excluding carboxylic acids is 1. The van der Waals surface area contributed by atoms with E-state index in [4.69, 9.17) is 23.2 Å². The van der Waals surface area contributed by atoms with Gasteiger partial charge in [-0.25, -0.2) is 18.4 Å². The van der Waals surface area contributed by atoms with E-state index in [1.165, 1.54) is 10.6 Å². The Kier molecular flexibility index (Phi) is 7.22. The lowest BCUT2D eigenvalue weighted by Crippen LogP contribution is -2.48. The normalized spacial score (nSPS) is 14.6. The van der Waals surface area contributed by atoms with Crippen molar-refractivity contribution in [2.45, 2.75) is 0 Å². The number of pyridine rings is 2. The molecule has 1 saturated heterocycles. The molecule has 9 nitrogen and oxygen atoms in total. The van der Waals surface area contributed by atoms with E-state index in [-0.39, 0.29) is 15.6 Å². The third kappa shape index (κ3) is 5.76. The number of nitrogens with zero attached hydrogens (tertiary/aromatic N) is 4. The Morgan fingerprint density at radius 1 is 0.971 bits per heavy atom. The fraction of sp³-hybridized carbons (Fsp3) is 0.227. The number of nitrogens with one attached hydrogen (secondary N) is 2. The van der Waals surface area contributed by atoms with E-state index >= 15 is 0 Å². The van der Waals surface area contributed by atoms with Gasteiger partial charge in [-0.1, -0.05) is 29.3 Å². The third-order valence-electron chi connectivity index (χ3n) is 5.28. The highest BCUT2D eigenvalue weighted by Gasteiger charge is 2.23. The number of sulfonamides is 1. The highest BCUT2D eigenvalue weighted by molar-refractivity contribution is 7.88. The van der Waals surface area contributed by atoms with Crippen molar-refractivity contribution in [2.75, 3.05) is 48.0 Å². The van der Waals surface area contributed by atoms with Crippen LogP contribution in [0.25, 0.3) is 0 Å². The Morgan fingerprint density at radius 3 is 2.29 bits per heavy atom. The summed E-state index contributed by atoms with van der Waals surface area (Å²) in [6.45, 7) is 2.09. The number of halogens is 2. The highest BCUT2D eigenvalue weighted by Crippen LogP contribution is 2.26. The van der Waals surface area contributed by atoms with Gasteiger partial charge in [-0.3, -0.25) is 4.79 Å². The Morgan fingerprint density at radius 2 is 1.68 bits per heavy atom. The number of aromatic nitrogens is 2. The molecule has 4 rings (SSSR count). The number of piperazine rings is 1. The standard InChI is InChI=1S/C22H22Cl2N6O3S/c1-34(32,33)30-11-9-29(10-12-30)16-5-6-19(26-14-16)28-20-13-15(7-8-25-20)27-22(31)21-17(23)3-2-4-18(21)24/h2-8,13-14H,9-12H2,1H3,(H2,25,26,27,28,31). The van der Waals surface area contributed by atoms with Crippen molar-refractivity contribution in [1.82, 2.24) is 14.3 Å². The average Bonchev–Trinajstić information content (AvgIpc) is 2.79. The van der Waals surface area contributed by atoms with Gasteiger partial charge >= 0.3 is 0 Å². The van der Waals surface area contributed by atoms with Gasteiger partial charge in [0.05, 0.1) is 33.7 Å². The topological polar surface area (TPSA) is 108 Å². The van der Waals surface area contributed by atoms with Crippen LogP contribution in [-0.2, 0) is 10.0 Å². The Bertz CT molecular complexity index is 1280. The molecule has 1 aliphatic heterocycles. The number of benzene rings is 1. The van der Waals surface area contributed by atoms with E-state index in [9.17, 15) is 13.2 Å². The Hall–Kier alpha value is -2.92. The number of hydrogen-bond donors (Lipinski definition) is 2. The fourth-order valence-electron chi connectivity index (χ4n) is 3.54. The van der Waals surface area contributed by atoms with Gasteiger partial charge in [0.25, 0.3) is 5.91 Å². The average molecular weight is 521 g/mol. The summed E-state index contributed by atoms with van der Waals surface area (Å²) >= 11 is 12.2. The van der Waals surface area contributed by atoms with Crippen LogP contribution in [0.4, 0.5) is 23.0 Å². The molecule has 178 valence electrons. The van der Waals surface area contributed by atoms with E-state index in [0.29, 0.717) is 43.5 Å². The van der Waals surface area contributed by atoms with Crippen LogP contribution in [0.1, 0.15) is 10.4 Å². The minimum atomic E-state index is -3.17. The molecule has 3 heterocycles. The summed E-state index contributed by atoms with van der Waals surface area (Å²) in [5.41, 5.74) is 1.62. The first-order chi connectivity index (χ1) is 16.2. The van der Waals surface area contributed by atoms with E-state index in [2.05, 4.69) is 25.5 Å². The second kappa shape index (κ2) is 10.1. The number of anilines is 4. The minimum Gasteiger partial charge on any atom is -0.368 e. The predicted molar refractivity (Wildman–Crippen MR) is 135 cm³/mol. The van der Waals surface area contributed by atoms with Gasteiger partial charge in [-0.2, -0.15) is 4.31 Å². The molecule has 12 heteroatoms. The van der Waals surface area contributed by atoms with Crippen LogP contribution >= 0.6 is 23.2 Å². The van der Waals surface area contributed by atoms with Crippen LogP contribution in [0, 0.1) is 0 Å². The van der Waals surface area contributed by atoms with E-state index in [0.717, 1.165) is 5.69 Å². The molecule has 2 N–H and O–H groups in total. The van der Waals surface area contributed by atoms with Crippen molar-refractivity contribution in [3.8, 4) is 0 Å². The zero-order chi connectivity index (χ0) is 24.3. The van der Waals surface area contributed by atoms with Crippen molar-refractivity contribution < 1.29 is 13.2 Å². The lowest BCUT2D eigenvalue weighted by atomic mass is 10.2. The molecule has 0 aliphatic carbocycles. The summed E-state index contributed by atoms with van der Waals surface area (Å²) in [5.74, 6) is 0.639. The number of amides is 1. The molecule has 2 aromatic heterocycles. The molecule has 3 aromatic rings. The molecular weight excluding hydrogens is 499 g/mol. The largest absolute Gasteiger partial charge is 0.368 e. The van der Waals surface area contributed by atoms with Crippen molar-refractivity contribution in [2.24, 2.45) is 0 Å². The zero-order valence-electron chi connectivity index (χ0n) is 18.2. The molecule has 0 radical (unpaired) electrons. The lowest BCUT2D eigenvalue weighted by Gasteiger charge is -2.34. The van der Waals surface area contributed by atoms with E-state index in [1.807, 2.05) is 12.1 Å². The monoisotopic (exact) mass is 520 g/mol. The molecular formula is C22H22Cl2N6O3S. The van der Waals surface area contributed by atoms with Gasteiger partial charge < -0.3 is 15.5 Å². The van der Waals surface area contributed by atoms with Gasteiger partial charge in [-0.05, 0) is 30.3 Å². The third-order valence-corrected chi connectivity index (χ3v) is 7.22. The van der Waals surface area contributed by atoms with Crippen LogP contribution in [0.3, 0.4) is 0 Å². The molecule has 0 bridgehead atoms. The van der Waals surface area contributed by atoms with Crippen LogP contribution in [0.15, 0.2) is 54.9 Å². The van der Waals surface area contributed by atoms with Crippen molar-refractivity contribution >= 4 is 62.1 Å². The number of hydrogen-bond acceptors (Lipinski definition) is 7. The summed E-state index contributed by atoms with van der Waals surface area (Å²) in [6.07, 6.45) is 4.51. The number of rotatable bonds is 6. The SMILES string of the molecule is CS(=O)(=O)N1CCN(c2ccc(Nc3cc(NC(=O)c4c(Cl)cccc4Cl)ccn3)nc2)CC1. The van der Waals surface area contributed by atoms with Crippen molar-refractivity contribution in [3.05, 3.63) is 70.5 Å². The smallest absolute Gasteiger partial charge is 0.258 e. The van der Waals surface area contributed by atoms with Crippen LogP contribution in [0.2, 0.25) is 10.0 Å². The maximum Gasteiger partial charge on any atom is 0.258 e. The van der Waals surface area contributed by atoms with Crippen LogP contribution in [-0.4, -0.2) is 61.0 Å². The lowest BCUT2D eigenvalue weighted by molar-refractivity contribution is 0.102. The molecule has 1 aliphatic rings. The summed E-state index contributed by atoms with van der Waals surface area (Å²) in [4.78, 5) is 23.4. The molecule has 1 aromatic carbocycles. The van der Waals surface area contributed by atoms with Gasteiger partial charge in [0.2, 0.25) is 10.0 Å². The van der Waals surface area contributed by atoms with Gasteiger partial charge in [0.15, 0.2) is 0 Å². The molecule has 1 fully saturated rings. The summed E-state index contributed by atoms with van der Waals surface area (Å²) in [6, 6.07) is 11.9. The quantitative estimate of drug-likeness (QED) is 0.507. The van der Waals surface area contributed by atoms with E-state index in [1.54, 1.807) is 42.7 Å². The molecule has 0 spiro atoms. The molecule has 34 heavy (non-hydrogen) atoms. The zero-order valence-corrected chi connectivity index (χ0v) is 20.5.